The average molecular weight is 336 g/mol. The number of hydrogen-bond donors (Lipinski definition) is 1. The summed E-state index contributed by atoms with van der Waals surface area (Å²) in [5.74, 6) is 0.935. The molecule has 1 atom stereocenters. The van der Waals surface area contributed by atoms with Crippen molar-refractivity contribution in [2.24, 2.45) is 7.05 Å². The van der Waals surface area contributed by atoms with E-state index >= 15 is 0 Å². The Balaban J connectivity index is 2.05. The fraction of sp³-hybridized carbons (Fsp3) is 0.158. The molecule has 3 rings (SSSR count). The van der Waals surface area contributed by atoms with Crippen LogP contribution in [-0.4, -0.2) is 16.7 Å². The number of methoxy groups -OCH3 is 1. The number of nitrogens with one attached hydrogen (secondary N) is 1. The van der Waals surface area contributed by atoms with Crippen molar-refractivity contribution in [2.75, 3.05) is 12.4 Å². The van der Waals surface area contributed by atoms with Crippen LogP contribution in [0.2, 0.25) is 0 Å². The minimum atomic E-state index is -0.555. The zero-order chi connectivity index (χ0) is 17.8. The van der Waals surface area contributed by atoms with Crippen molar-refractivity contribution in [3.63, 3.8) is 0 Å². The van der Waals surface area contributed by atoms with Crippen LogP contribution in [0.25, 0.3) is 0 Å². The summed E-state index contributed by atoms with van der Waals surface area (Å²) in [5.41, 5.74) is 1.32. The molecule has 0 fully saturated rings. The second-order valence-electron chi connectivity index (χ2n) is 5.52. The van der Waals surface area contributed by atoms with Gasteiger partial charge in [0, 0.05) is 19.4 Å². The van der Waals surface area contributed by atoms with E-state index < -0.39 is 5.82 Å². The first-order valence-electron chi connectivity index (χ1n) is 7.70. The lowest BCUT2D eigenvalue weighted by Crippen LogP contribution is -2.17. The van der Waals surface area contributed by atoms with Gasteiger partial charge in [0.1, 0.15) is 35.1 Å². The first kappa shape index (κ1) is 16.5. The smallest absolute Gasteiger partial charge is 0.143 e. The Labute approximate surface area is 145 Å². The molecule has 2 aromatic carbocycles. The summed E-state index contributed by atoms with van der Waals surface area (Å²) >= 11 is 0. The van der Waals surface area contributed by atoms with Gasteiger partial charge in [-0.2, -0.15) is 5.26 Å². The number of benzene rings is 2. The van der Waals surface area contributed by atoms with Crippen molar-refractivity contribution in [3.8, 4) is 11.8 Å². The highest BCUT2D eigenvalue weighted by Crippen LogP contribution is 2.29. The summed E-state index contributed by atoms with van der Waals surface area (Å²) < 4.78 is 21.0. The van der Waals surface area contributed by atoms with E-state index in [0.29, 0.717) is 5.69 Å². The molecule has 5 nitrogen and oxygen atoms in total. The van der Waals surface area contributed by atoms with Crippen molar-refractivity contribution < 1.29 is 9.13 Å². The van der Waals surface area contributed by atoms with Gasteiger partial charge in [0.15, 0.2) is 0 Å². The molecule has 25 heavy (non-hydrogen) atoms. The molecule has 0 aliphatic heterocycles. The van der Waals surface area contributed by atoms with Crippen molar-refractivity contribution in [1.29, 1.82) is 5.26 Å². The number of anilines is 1. The normalized spacial score (nSPS) is 11.6. The molecule has 3 aromatic rings. The monoisotopic (exact) mass is 336 g/mol. The van der Waals surface area contributed by atoms with Gasteiger partial charge in [0.2, 0.25) is 0 Å². The third-order valence-corrected chi connectivity index (χ3v) is 3.99. The van der Waals surface area contributed by atoms with E-state index in [4.69, 9.17) is 4.74 Å². The van der Waals surface area contributed by atoms with E-state index in [9.17, 15) is 9.65 Å². The molecule has 0 aliphatic carbocycles. The number of nitrogens with zero attached hydrogens (tertiary/aromatic N) is 3. The molecule has 1 aromatic heterocycles. The number of ether oxygens (including phenoxy) is 1. The van der Waals surface area contributed by atoms with E-state index in [1.54, 1.807) is 25.4 Å². The summed E-state index contributed by atoms with van der Waals surface area (Å²) in [4.78, 5) is 4.40. The van der Waals surface area contributed by atoms with Crippen LogP contribution in [0.4, 0.5) is 10.1 Å². The van der Waals surface area contributed by atoms with Gasteiger partial charge < -0.3 is 14.6 Å². The highest BCUT2D eigenvalue weighted by atomic mass is 19.1. The fourth-order valence-electron chi connectivity index (χ4n) is 2.66. The maximum Gasteiger partial charge on any atom is 0.143 e. The largest absolute Gasteiger partial charge is 0.497 e. The predicted octanol–water partition coefficient (Wildman–Crippen LogP) is 3.64. The second kappa shape index (κ2) is 7.05. The molecule has 0 aliphatic rings. The van der Waals surface area contributed by atoms with E-state index in [1.165, 1.54) is 6.07 Å². The number of halogens is 1. The third-order valence-electron chi connectivity index (χ3n) is 3.99. The molecule has 0 spiro atoms. The number of nitriles is 1. The van der Waals surface area contributed by atoms with Crippen LogP contribution in [0, 0.1) is 17.1 Å². The summed E-state index contributed by atoms with van der Waals surface area (Å²) in [5, 5.41) is 12.5. The Morgan fingerprint density at radius 3 is 2.60 bits per heavy atom. The fourth-order valence-corrected chi connectivity index (χ4v) is 2.66. The SMILES string of the molecule is COc1ccc([C@H](Nc2cccc(F)c2C#N)c2nccn2C)cc1. The van der Waals surface area contributed by atoms with Gasteiger partial charge in [-0.15, -0.1) is 0 Å². The minimum Gasteiger partial charge on any atom is -0.497 e. The Kier molecular flexibility index (Phi) is 4.66. The highest BCUT2D eigenvalue weighted by molar-refractivity contribution is 5.60. The molecule has 1 N–H and O–H groups in total. The molecular formula is C19H17FN4O. The van der Waals surface area contributed by atoms with E-state index in [2.05, 4.69) is 10.3 Å². The number of aromatic nitrogens is 2. The van der Waals surface area contributed by atoms with Gasteiger partial charge in [-0.25, -0.2) is 9.37 Å². The second-order valence-corrected chi connectivity index (χ2v) is 5.52. The number of aryl methyl sites for hydroxylation is 1. The molecule has 0 radical (unpaired) electrons. The van der Waals surface area contributed by atoms with Crippen molar-refractivity contribution in [3.05, 3.63) is 77.6 Å². The topological polar surface area (TPSA) is 62.9 Å². The summed E-state index contributed by atoms with van der Waals surface area (Å²) in [6, 6.07) is 13.6. The van der Waals surface area contributed by atoms with E-state index in [-0.39, 0.29) is 11.6 Å². The average Bonchev–Trinajstić information content (AvgIpc) is 3.05. The zero-order valence-electron chi connectivity index (χ0n) is 13.9. The first-order chi connectivity index (χ1) is 12.1. The Hall–Kier alpha value is -3.33. The van der Waals surface area contributed by atoms with E-state index in [1.807, 2.05) is 48.1 Å². The Morgan fingerprint density at radius 2 is 2.00 bits per heavy atom. The van der Waals surface area contributed by atoms with Crippen LogP contribution in [0.5, 0.6) is 5.75 Å². The van der Waals surface area contributed by atoms with Crippen LogP contribution in [0.3, 0.4) is 0 Å². The minimum absolute atomic E-state index is 0.0183. The maximum absolute atomic E-state index is 13.9. The summed E-state index contributed by atoms with van der Waals surface area (Å²) in [7, 11) is 3.49. The van der Waals surface area contributed by atoms with Gasteiger partial charge in [-0.3, -0.25) is 0 Å². The van der Waals surface area contributed by atoms with Crippen molar-refractivity contribution in [1.82, 2.24) is 9.55 Å². The van der Waals surface area contributed by atoms with Gasteiger partial charge in [-0.1, -0.05) is 18.2 Å². The molecule has 0 saturated heterocycles. The van der Waals surface area contributed by atoms with E-state index in [0.717, 1.165) is 17.1 Å². The van der Waals surface area contributed by atoms with Crippen LogP contribution in [0.1, 0.15) is 23.0 Å². The lowest BCUT2D eigenvalue weighted by molar-refractivity contribution is 0.414. The standard InChI is InChI=1S/C19H17FN4O/c1-24-11-10-22-19(24)18(13-6-8-14(25-2)9-7-13)23-17-5-3-4-16(20)15(17)12-21/h3-11,18,23H,1-2H3/t18-/m0/s1. The van der Waals surface area contributed by atoms with Gasteiger partial charge in [0.25, 0.3) is 0 Å². The quantitative estimate of drug-likeness (QED) is 0.773. The molecular weight excluding hydrogens is 319 g/mol. The molecule has 6 heteroatoms. The maximum atomic E-state index is 13.9. The Bertz CT molecular complexity index is 912. The molecule has 0 saturated carbocycles. The first-order valence-corrected chi connectivity index (χ1v) is 7.70. The van der Waals surface area contributed by atoms with Gasteiger partial charge in [0.05, 0.1) is 12.8 Å². The van der Waals surface area contributed by atoms with Crippen LogP contribution in [-0.2, 0) is 7.05 Å². The molecule has 0 bridgehead atoms. The van der Waals surface area contributed by atoms with Gasteiger partial charge >= 0.3 is 0 Å². The van der Waals surface area contributed by atoms with Crippen molar-refractivity contribution in [2.45, 2.75) is 6.04 Å². The molecule has 0 amide bonds. The Morgan fingerprint density at radius 1 is 1.24 bits per heavy atom. The van der Waals surface area contributed by atoms with Crippen molar-refractivity contribution >= 4 is 5.69 Å². The summed E-state index contributed by atoms with van der Waals surface area (Å²) in [6.07, 6.45) is 3.54. The lowest BCUT2D eigenvalue weighted by Gasteiger charge is -2.21. The number of imidazole rings is 1. The lowest BCUT2D eigenvalue weighted by atomic mass is 10.0. The predicted molar refractivity (Wildman–Crippen MR) is 92.8 cm³/mol. The molecule has 0 unspecified atom stereocenters. The van der Waals surface area contributed by atoms with Crippen LogP contribution < -0.4 is 10.1 Å². The van der Waals surface area contributed by atoms with Gasteiger partial charge in [-0.05, 0) is 29.8 Å². The summed E-state index contributed by atoms with van der Waals surface area (Å²) in [6.45, 7) is 0. The molecule has 1 heterocycles. The molecule has 126 valence electrons. The number of hydrogen-bond acceptors (Lipinski definition) is 4. The van der Waals surface area contributed by atoms with Crippen LogP contribution in [0.15, 0.2) is 54.9 Å². The number of rotatable bonds is 5. The zero-order valence-corrected chi connectivity index (χ0v) is 13.9. The third kappa shape index (κ3) is 3.31. The van der Waals surface area contributed by atoms with Crippen LogP contribution >= 0.6 is 0 Å². The highest BCUT2D eigenvalue weighted by Gasteiger charge is 2.20.